The summed E-state index contributed by atoms with van der Waals surface area (Å²) in [5.41, 5.74) is 11.6. The molecule has 0 spiro atoms. The zero-order valence-corrected chi connectivity index (χ0v) is 14.2. The summed E-state index contributed by atoms with van der Waals surface area (Å²) in [5, 5.41) is 1.27. The van der Waals surface area contributed by atoms with Gasteiger partial charge in [-0.25, -0.2) is 0 Å². The fourth-order valence-corrected chi connectivity index (χ4v) is 3.85. The van der Waals surface area contributed by atoms with Gasteiger partial charge in [-0.2, -0.15) is 0 Å². The molecule has 0 unspecified atom stereocenters. The molecule has 1 aliphatic rings. The second-order valence-corrected chi connectivity index (χ2v) is 6.85. The maximum absolute atomic E-state index is 6.51. The van der Waals surface area contributed by atoms with E-state index in [0.29, 0.717) is 5.92 Å². The fraction of sp³-hybridized carbons (Fsp3) is 0.368. The second kappa shape index (κ2) is 6.00. The average molecular weight is 321 g/mol. The quantitative estimate of drug-likeness (QED) is 0.803. The standard InChI is InChI=1S/C19H23N5/c1-13-7-21-5-3-14(13)9-24-11-17(18(20)12-24)16-10-23(2)19-8-22-6-4-15(16)19/h3-8,10,17-18H,9,11-12,20H2,1-2H3/t17-,18+/m0/s1. The van der Waals surface area contributed by atoms with Gasteiger partial charge in [-0.1, -0.05) is 0 Å². The number of nitrogens with two attached hydrogens (primary N) is 1. The van der Waals surface area contributed by atoms with Crippen molar-refractivity contribution in [2.45, 2.75) is 25.4 Å². The molecule has 1 aliphatic heterocycles. The van der Waals surface area contributed by atoms with Crippen LogP contribution in [0, 0.1) is 6.92 Å². The molecule has 1 saturated heterocycles. The van der Waals surface area contributed by atoms with Gasteiger partial charge in [-0.15, -0.1) is 0 Å². The molecule has 24 heavy (non-hydrogen) atoms. The summed E-state index contributed by atoms with van der Waals surface area (Å²) in [6.45, 7) is 4.97. The maximum Gasteiger partial charge on any atom is 0.0667 e. The molecule has 0 bridgehead atoms. The van der Waals surface area contributed by atoms with Crippen LogP contribution in [0.5, 0.6) is 0 Å². The van der Waals surface area contributed by atoms with Crippen LogP contribution in [0.3, 0.4) is 0 Å². The molecule has 5 nitrogen and oxygen atoms in total. The number of pyridine rings is 2. The van der Waals surface area contributed by atoms with E-state index in [1.54, 1.807) is 0 Å². The molecule has 124 valence electrons. The van der Waals surface area contributed by atoms with E-state index < -0.39 is 0 Å². The van der Waals surface area contributed by atoms with Crippen LogP contribution in [-0.2, 0) is 13.6 Å². The highest BCUT2D eigenvalue weighted by Crippen LogP contribution is 2.33. The Kier molecular flexibility index (Phi) is 3.82. The molecule has 4 heterocycles. The van der Waals surface area contributed by atoms with Gasteiger partial charge < -0.3 is 10.3 Å². The van der Waals surface area contributed by atoms with Crippen LogP contribution in [-0.4, -0.2) is 38.6 Å². The molecular weight excluding hydrogens is 298 g/mol. The van der Waals surface area contributed by atoms with Gasteiger partial charge in [0.1, 0.15) is 0 Å². The monoisotopic (exact) mass is 321 g/mol. The smallest absolute Gasteiger partial charge is 0.0667 e. The summed E-state index contributed by atoms with van der Waals surface area (Å²) in [5.74, 6) is 0.359. The lowest BCUT2D eigenvalue weighted by atomic mass is 9.95. The topological polar surface area (TPSA) is 60.0 Å². The summed E-state index contributed by atoms with van der Waals surface area (Å²) in [6, 6.07) is 4.37. The highest BCUT2D eigenvalue weighted by Gasteiger charge is 2.33. The third-order valence-corrected chi connectivity index (χ3v) is 5.19. The Morgan fingerprint density at radius 2 is 1.96 bits per heavy atom. The molecule has 4 rings (SSSR count). The molecule has 0 aromatic carbocycles. The van der Waals surface area contributed by atoms with Crippen molar-refractivity contribution in [3.8, 4) is 0 Å². The minimum atomic E-state index is 0.158. The predicted molar refractivity (Wildman–Crippen MR) is 95.7 cm³/mol. The Bertz CT molecular complexity index is 869. The minimum Gasteiger partial charge on any atom is -0.349 e. The van der Waals surface area contributed by atoms with Crippen molar-refractivity contribution in [3.05, 3.63) is 59.8 Å². The molecule has 2 N–H and O–H groups in total. The summed E-state index contributed by atoms with van der Waals surface area (Å²) in [6.07, 6.45) is 9.81. The lowest BCUT2D eigenvalue weighted by molar-refractivity contribution is 0.323. The highest BCUT2D eigenvalue weighted by molar-refractivity contribution is 5.83. The van der Waals surface area contributed by atoms with Crippen LogP contribution in [0.4, 0.5) is 0 Å². The third kappa shape index (κ3) is 2.60. The first-order valence-electron chi connectivity index (χ1n) is 8.40. The lowest BCUT2D eigenvalue weighted by Gasteiger charge is -2.17. The predicted octanol–water partition coefficient (Wildman–Crippen LogP) is 2.20. The molecule has 1 fully saturated rings. The summed E-state index contributed by atoms with van der Waals surface area (Å²) in [7, 11) is 2.08. The van der Waals surface area contributed by atoms with Crippen molar-refractivity contribution in [1.82, 2.24) is 19.4 Å². The molecule has 3 aromatic heterocycles. The van der Waals surface area contributed by atoms with Crippen LogP contribution in [0.25, 0.3) is 10.9 Å². The average Bonchev–Trinajstić information content (AvgIpc) is 3.10. The molecule has 0 saturated carbocycles. The number of hydrogen-bond donors (Lipinski definition) is 1. The Hall–Kier alpha value is -2.24. The largest absolute Gasteiger partial charge is 0.349 e. The zero-order chi connectivity index (χ0) is 16.7. The van der Waals surface area contributed by atoms with Crippen LogP contribution in [0.2, 0.25) is 0 Å². The van der Waals surface area contributed by atoms with Crippen LogP contribution in [0.1, 0.15) is 22.6 Å². The van der Waals surface area contributed by atoms with E-state index in [1.807, 2.05) is 24.8 Å². The molecule has 2 atom stereocenters. The van der Waals surface area contributed by atoms with E-state index in [0.717, 1.165) is 19.6 Å². The summed E-state index contributed by atoms with van der Waals surface area (Å²) < 4.78 is 2.15. The number of rotatable bonds is 3. The lowest BCUT2D eigenvalue weighted by Crippen LogP contribution is -2.28. The van der Waals surface area contributed by atoms with E-state index in [9.17, 15) is 0 Å². The SMILES string of the molecule is Cc1cnccc1CN1C[C@@H](N)[C@H](c2cn(C)c3cnccc23)C1. The summed E-state index contributed by atoms with van der Waals surface area (Å²) >= 11 is 0. The number of fused-ring (bicyclic) bond motifs is 1. The highest BCUT2D eigenvalue weighted by atomic mass is 15.2. The second-order valence-electron chi connectivity index (χ2n) is 6.85. The van der Waals surface area contributed by atoms with Gasteiger partial charge in [-0.3, -0.25) is 14.9 Å². The van der Waals surface area contributed by atoms with E-state index in [2.05, 4.69) is 51.7 Å². The van der Waals surface area contributed by atoms with E-state index in [-0.39, 0.29) is 6.04 Å². The summed E-state index contributed by atoms with van der Waals surface area (Å²) in [4.78, 5) is 10.9. The molecule has 3 aromatic rings. The Morgan fingerprint density at radius 1 is 1.17 bits per heavy atom. The van der Waals surface area contributed by atoms with Gasteiger partial charge in [0, 0.05) is 68.8 Å². The number of likely N-dealkylation sites (tertiary alicyclic amines) is 1. The number of nitrogens with zero attached hydrogens (tertiary/aromatic N) is 4. The Morgan fingerprint density at radius 3 is 2.79 bits per heavy atom. The molecule has 0 amide bonds. The van der Waals surface area contributed by atoms with E-state index >= 15 is 0 Å². The molecule has 5 heteroatoms. The third-order valence-electron chi connectivity index (χ3n) is 5.19. The number of hydrogen-bond acceptors (Lipinski definition) is 4. The first-order chi connectivity index (χ1) is 11.6. The van der Waals surface area contributed by atoms with Crippen LogP contribution in [0.15, 0.2) is 43.1 Å². The fourth-order valence-electron chi connectivity index (χ4n) is 3.85. The van der Waals surface area contributed by atoms with Crippen molar-refractivity contribution in [2.75, 3.05) is 13.1 Å². The molecule has 0 radical (unpaired) electrons. The van der Waals surface area contributed by atoms with Crippen LogP contribution >= 0.6 is 0 Å². The van der Waals surface area contributed by atoms with Crippen molar-refractivity contribution >= 4 is 10.9 Å². The molecular formula is C19H23N5. The first kappa shape index (κ1) is 15.3. The van der Waals surface area contributed by atoms with Crippen molar-refractivity contribution < 1.29 is 0 Å². The first-order valence-corrected chi connectivity index (χ1v) is 8.40. The Balaban J connectivity index is 1.60. The molecule has 0 aliphatic carbocycles. The van der Waals surface area contributed by atoms with Gasteiger partial charge in [0.05, 0.1) is 11.7 Å². The van der Waals surface area contributed by atoms with Crippen LogP contribution < -0.4 is 5.73 Å². The number of aryl methyl sites for hydroxylation is 2. The Labute approximate surface area is 142 Å². The maximum atomic E-state index is 6.51. The number of aromatic nitrogens is 3. The van der Waals surface area contributed by atoms with Gasteiger partial charge in [0.15, 0.2) is 0 Å². The van der Waals surface area contributed by atoms with Crippen molar-refractivity contribution in [1.29, 1.82) is 0 Å². The van der Waals surface area contributed by atoms with Gasteiger partial charge in [-0.05, 0) is 35.7 Å². The normalized spacial score (nSPS) is 21.6. The van der Waals surface area contributed by atoms with Crippen molar-refractivity contribution in [3.63, 3.8) is 0 Å². The van der Waals surface area contributed by atoms with Gasteiger partial charge in [0.25, 0.3) is 0 Å². The van der Waals surface area contributed by atoms with E-state index in [1.165, 1.54) is 27.6 Å². The minimum absolute atomic E-state index is 0.158. The van der Waals surface area contributed by atoms with Gasteiger partial charge in [0.2, 0.25) is 0 Å². The van der Waals surface area contributed by atoms with E-state index in [4.69, 9.17) is 5.73 Å². The van der Waals surface area contributed by atoms with Crippen molar-refractivity contribution in [2.24, 2.45) is 12.8 Å². The zero-order valence-electron chi connectivity index (χ0n) is 14.2. The van der Waals surface area contributed by atoms with Gasteiger partial charge >= 0.3 is 0 Å².